The molecular formula is C19H30N2O4S. The SMILES string of the molecule is Cc1ccccc1CS(=O)(=O)NCC1CCN(C(=O)OC(C)(C)C)CC1. The molecule has 2 rings (SSSR count). The minimum Gasteiger partial charge on any atom is -0.444 e. The summed E-state index contributed by atoms with van der Waals surface area (Å²) in [6.07, 6.45) is 1.24. The van der Waals surface area contributed by atoms with Crippen molar-refractivity contribution in [2.24, 2.45) is 5.92 Å². The van der Waals surface area contributed by atoms with Crippen LogP contribution in [0, 0.1) is 12.8 Å². The standard InChI is InChI=1S/C19H30N2O4S/c1-15-7-5-6-8-17(15)14-26(23,24)20-13-16-9-11-21(12-10-16)18(22)25-19(2,3)4/h5-8,16,20H,9-14H2,1-4H3. The maximum Gasteiger partial charge on any atom is 0.410 e. The zero-order valence-corrected chi connectivity index (χ0v) is 16.9. The molecule has 7 heteroatoms. The fourth-order valence-electron chi connectivity index (χ4n) is 2.92. The van der Waals surface area contributed by atoms with Gasteiger partial charge in [-0.3, -0.25) is 0 Å². The van der Waals surface area contributed by atoms with Gasteiger partial charge in [0.25, 0.3) is 0 Å². The summed E-state index contributed by atoms with van der Waals surface area (Å²) in [7, 11) is -3.37. The largest absolute Gasteiger partial charge is 0.444 e. The van der Waals surface area contributed by atoms with Crippen LogP contribution in [-0.2, 0) is 20.5 Å². The van der Waals surface area contributed by atoms with Crippen molar-refractivity contribution in [2.75, 3.05) is 19.6 Å². The highest BCUT2D eigenvalue weighted by atomic mass is 32.2. The van der Waals surface area contributed by atoms with Gasteiger partial charge in [-0.05, 0) is 57.6 Å². The number of hydrogen-bond donors (Lipinski definition) is 1. The molecule has 26 heavy (non-hydrogen) atoms. The summed E-state index contributed by atoms with van der Waals surface area (Å²) in [5.41, 5.74) is 1.29. The summed E-state index contributed by atoms with van der Waals surface area (Å²) in [5, 5.41) is 0. The molecular weight excluding hydrogens is 352 g/mol. The highest BCUT2D eigenvalue weighted by Gasteiger charge is 2.27. The van der Waals surface area contributed by atoms with Crippen LogP contribution in [0.2, 0.25) is 0 Å². The van der Waals surface area contributed by atoms with Gasteiger partial charge in [-0.25, -0.2) is 17.9 Å². The number of carbonyl (C=O) groups excluding carboxylic acids is 1. The summed E-state index contributed by atoms with van der Waals surface area (Å²) in [6.45, 7) is 9.06. The molecule has 1 fully saturated rings. The molecule has 146 valence electrons. The molecule has 1 aliphatic heterocycles. The maximum absolute atomic E-state index is 12.3. The molecule has 0 aromatic heterocycles. The maximum atomic E-state index is 12.3. The highest BCUT2D eigenvalue weighted by molar-refractivity contribution is 7.88. The quantitative estimate of drug-likeness (QED) is 0.849. The van der Waals surface area contributed by atoms with Crippen LogP contribution in [0.4, 0.5) is 4.79 Å². The number of ether oxygens (including phenoxy) is 1. The summed E-state index contributed by atoms with van der Waals surface area (Å²) in [6, 6.07) is 7.51. The summed E-state index contributed by atoms with van der Waals surface area (Å²) < 4.78 is 32.8. The predicted octanol–water partition coefficient (Wildman–Crippen LogP) is 3.06. The molecule has 0 atom stereocenters. The van der Waals surface area contributed by atoms with E-state index in [0.29, 0.717) is 19.6 Å². The first-order valence-electron chi connectivity index (χ1n) is 9.05. The van der Waals surface area contributed by atoms with E-state index in [2.05, 4.69) is 4.72 Å². The summed E-state index contributed by atoms with van der Waals surface area (Å²) in [5.74, 6) is 0.233. The molecule has 0 aliphatic carbocycles. The second-order valence-electron chi connectivity index (χ2n) is 7.94. The molecule has 0 unspecified atom stereocenters. The normalized spacial score (nSPS) is 16.5. The zero-order valence-electron chi connectivity index (χ0n) is 16.1. The van der Waals surface area contributed by atoms with Crippen molar-refractivity contribution in [3.05, 3.63) is 35.4 Å². The Kier molecular flexibility index (Phi) is 6.69. The van der Waals surface area contributed by atoms with Crippen LogP contribution in [0.3, 0.4) is 0 Å². The lowest BCUT2D eigenvalue weighted by molar-refractivity contribution is 0.0185. The van der Waals surface area contributed by atoms with E-state index in [1.807, 2.05) is 52.0 Å². The third-order valence-corrected chi connectivity index (χ3v) is 5.76. The van der Waals surface area contributed by atoms with Gasteiger partial charge in [0, 0.05) is 19.6 Å². The van der Waals surface area contributed by atoms with E-state index in [0.717, 1.165) is 24.0 Å². The van der Waals surface area contributed by atoms with E-state index in [1.165, 1.54) is 0 Å². The number of carbonyl (C=O) groups is 1. The van der Waals surface area contributed by atoms with E-state index < -0.39 is 15.6 Å². The number of nitrogens with zero attached hydrogens (tertiary/aromatic N) is 1. The lowest BCUT2D eigenvalue weighted by atomic mass is 9.97. The average Bonchev–Trinajstić information content (AvgIpc) is 2.54. The first-order valence-corrected chi connectivity index (χ1v) is 10.7. The minimum absolute atomic E-state index is 0.00354. The minimum atomic E-state index is -3.37. The van der Waals surface area contributed by atoms with Crippen molar-refractivity contribution in [2.45, 2.75) is 51.9 Å². The number of rotatable bonds is 5. The van der Waals surface area contributed by atoms with Crippen LogP contribution in [-0.4, -0.2) is 44.6 Å². The van der Waals surface area contributed by atoms with E-state index in [1.54, 1.807) is 4.90 Å². The molecule has 1 N–H and O–H groups in total. The molecule has 0 radical (unpaired) electrons. The van der Waals surface area contributed by atoms with E-state index in [-0.39, 0.29) is 17.8 Å². The van der Waals surface area contributed by atoms with Crippen LogP contribution in [0.1, 0.15) is 44.7 Å². The fourth-order valence-corrected chi connectivity index (χ4v) is 4.24. The molecule has 1 saturated heterocycles. The topological polar surface area (TPSA) is 75.7 Å². The number of amides is 1. The number of likely N-dealkylation sites (tertiary alicyclic amines) is 1. The van der Waals surface area contributed by atoms with Gasteiger partial charge in [0.05, 0.1) is 5.75 Å². The first kappa shape index (κ1) is 20.7. The Labute approximate surface area is 157 Å². The molecule has 0 saturated carbocycles. The smallest absolute Gasteiger partial charge is 0.410 e. The second kappa shape index (κ2) is 8.39. The van der Waals surface area contributed by atoms with E-state index in [4.69, 9.17) is 4.74 Å². The zero-order chi connectivity index (χ0) is 19.4. The first-order chi connectivity index (χ1) is 12.1. The van der Waals surface area contributed by atoms with Crippen molar-refractivity contribution < 1.29 is 17.9 Å². The molecule has 0 bridgehead atoms. The average molecular weight is 383 g/mol. The summed E-state index contributed by atoms with van der Waals surface area (Å²) in [4.78, 5) is 13.8. The van der Waals surface area contributed by atoms with Crippen molar-refractivity contribution in [1.29, 1.82) is 0 Å². The Bertz CT molecular complexity index is 717. The van der Waals surface area contributed by atoms with Gasteiger partial charge in [-0.1, -0.05) is 24.3 Å². The summed E-state index contributed by atoms with van der Waals surface area (Å²) >= 11 is 0. The van der Waals surface area contributed by atoms with Gasteiger partial charge in [-0.15, -0.1) is 0 Å². The van der Waals surface area contributed by atoms with Crippen LogP contribution >= 0.6 is 0 Å². The number of aryl methyl sites for hydroxylation is 1. The molecule has 0 spiro atoms. The molecule has 1 aromatic carbocycles. The van der Waals surface area contributed by atoms with Crippen LogP contribution in [0.5, 0.6) is 0 Å². The van der Waals surface area contributed by atoms with Crippen molar-refractivity contribution in [3.8, 4) is 0 Å². The van der Waals surface area contributed by atoms with Crippen molar-refractivity contribution in [1.82, 2.24) is 9.62 Å². The van der Waals surface area contributed by atoms with Gasteiger partial charge in [-0.2, -0.15) is 0 Å². The van der Waals surface area contributed by atoms with Gasteiger partial charge < -0.3 is 9.64 Å². The molecule has 6 nitrogen and oxygen atoms in total. The van der Waals surface area contributed by atoms with E-state index in [9.17, 15) is 13.2 Å². The fraction of sp³-hybridized carbons (Fsp3) is 0.632. The number of hydrogen-bond acceptors (Lipinski definition) is 4. The Balaban J connectivity index is 1.79. The Morgan fingerprint density at radius 2 is 1.85 bits per heavy atom. The van der Waals surface area contributed by atoms with Gasteiger partial charge >= 0.3 is 6.09 Å². The highest BCUT2D eigenvalue weighted by Crippen LogP contribution is 2.20. The van der Waals surface area contributed by atoms with Gasteiger partial charge in [0.1, 0.15) is 5.60 Å². The lowest BCUT2D eigenvalue weighted by Gasteiger charge is -2.33. The Morgan fingerprint density at radius 1 is 1.23 bits per heavy atom. The second-order valence-corrected chi connectivity index (χ2v) is 9.75. The van der Waals surface area contributed by atoms with Crippen molar-refractivity contribution >= 4 is 16.1 Å². The molecule has 1 aliphatic rings. The van der Waals surface area contributed by atoms with Crippen molar-refractivity contribution in [3.63, 3.8) is 0 Å². The molecule has 1 heterocycles. The number of sulfonamides is 1. The Morgan fingerprint density at radius 3 is 2.42 bits per heavy atom. The number of nitrogens with one attached hydrogen (secondary N) is 1. The van der Waals surface area contributed by atoms with Gasteiger partial charge in [0.2, 0.25) is 10.0 Å². The third-order valence-electron chi connectivity index (χ3n) is 4.46. The van der Waals surface area contributed by atoms with Crippen LogP contribution in [0.15, 0.2) is 24.3 Å². The number of benzene rings is 1. The monoisotopic (exact) mass is 382 g/mol. The van der Waals surface area contributed by atoms with Gasteiger partial charge in [0.15, 0.2) is 0 Å². The van der Waals surface area contributed by atoms with Crippen LogP contribution in [0.25, 0.3) is 0 Å². The Hall–Kier alpha value is -1.60. The van der Waals surface area contributed by atoms with Crippen LogP contribution < -0.4 is 4.72 Å². The molecule has 1 aromatic rings. The predicted molar refractivity (Wildman–Crippen MR) is 102 cm³/mol. The third kappa shape index (κ3) is 6.61. The van der Waals surface area contributed by atoms with E-state index >= 15 is 0 Å². The molecule has 1 amide bonds. The number of piperidine rings is 1. The lowest BCUT2D eigenvalue weighted by Crippen LogP contribution is -2.43.